The van der Waals surface area contributed by atoms with Crippen LogP contribution in [0.15, 0.2) is 42.7 Å². The summed E-state index contributed by atoms with van der Waals surface area (Å²) >= 11 is 0. The Kier molecular flexibility index (Phi) is 3.97. The van der Waals surface area contributed by atoms with Crippen molar-refractivity contribution in [1.29, 1.82) is 0 Å². The van der Waals surface area contributed by atoms with Gasteiger partial charge < -0.3 is 10.5 Å². The summed E-state index contributed by atoms with van der Waals surface area (Å²) in [4.78, 5) is 12.0. The van der Waals surface area contributed by atoms with Gasteiger partial charge in [-0.2, -0.15) is 5.10 Å². The van der Waals surface area contributed by atoms with Crippen LogP contribution < -0.4 is 5.73 Å². The standard InChI is InChI=1S/C14H17N3O2/c1-10(11-6-4-3-5-7-11)19-14(18)13(15)12-8-16-17(2)9-12/h3-10,13H,15H2,1-2H3. The van der Waals surface area contributed by atoms with E-state index in [-0.39, 0.29) is 6.10 Å². The summed E-state index contributed by atoms with van der Waals surface area (Å²) in [6.45, 7) is 1.82. The highest BCUT2D eigenvalue weighted by molar-refractivity contribution is 5.77. The zero-order valence-electron chi connectivity index (χ0n) is 11.0. The molecule has 1 aromatic carbocycles. The van der Waals surface area contributed by atoms with E-state index >= 15 is 0 Å². The van der Waals surface area contributed by atoms with Gasteiger partial charge in [-0.1, -0.05) is 30.3 Å². The average molecular weight is 259 g/mol. The molecule has 0 amide bonds. The third-order valence-electron chi connectivity index (χ3n) is 2.90. The van der Waals surface area contributed by atoms with E-state index in [1.807, 2.05) is 37.3 Å². The first-order valence-electron chi connectivity index (χ1n) is 6.07. The zero-order chi connectivity index (χ0) is 13.8. The second kappa shape index (κ2) is 5.67. The molecule has 0 bridgehead atoms. The van der Waals surface area contributed by atoms with Crippen molar-refractivity contribution in [2.75, 3.05) is 0 Å². The van der Waals surface area contributed by atoms with Gasteiger partial charge in [-0.3, -0.25) is 4.68 Å². The maximum atomic E-state index is 12.0. The van der Waals surface area contributed by atoms with E-state index < -0.39 is 12.0 Å². The minimum Gasteiger partial charge on any atom is -0.456 e. The summed E-state index contributed by atoms with van der Waals surface area (Å²) < 4.78 is 6.96. The minimum absolute atomic E-state index is 0.323. The van der Waals surface area contributed by atoms with Gasteiger partial charge in [-0.25, -0.2) is 4.79 Å². The van der Waals surface area contributed by atoms with Crippen molar-refractivity contribution in [2.24, 2.45) is 12.8 Å². The molecule has 0 spiro atoms. The molecule has 0 saturated carbocycles. The van der Waals surface area contributed by atoms with E-state index in [0.29, 0.717) is 5.56 Å². The highest BCUT2D eigenvalue weighted by Crippen LogP contribution is 2.19. The molecule has 5 nitrogen and oxygen atoms in total. The van der Waals surface area contributed by atoms with Crippen LogP contribution in [0.3, 0.4) is 0 Å². The second-order valence-corrected chi connectivity index (χ2v) is 4.41. The van der Waals surface area contributed by atoms with Crippen LogP contribution in [0.1, 0.15) is 30.2 Å². The SMILES string of the molecule is CC(OC(=O)C(N)c1cnn(C)c1)c1ccccc1. The molecule has 5 heteroatoms. The molecule has 1 heterocycles. The highest BCUT2D eigenvalue weighted by atomic mass is 16.5. The number of benzene rings is 1. The predicted octanol–water partition coefficient (Wildman–Crippen LogP) is 1.72. The Balaban J connectivity index is 2.01. The van der Waals surface area contributed by atoms with Crippen molar-refractivity contribution in [3.8, 4) is 0 Å². The van der Waals surface area contributed by atoms with Crippen molar-refractivity contribution in [2.45, 2.75) is 19.1 Å². The number of esters is 1. The van der Waals surface area contributed by atoms with Crippen LogP contribution in [-0.4, -0.2) is 15.7 Å². The molecule has 2 N–H and O–H groups in total. The molecule has 2 aromatic rings. The smallest absolute Gasteiger partial charge is 0.328 e. The van der Waals surface area contributed by atoms with Gasteiger partial charge in [0.05, 0.1) is 6.20 Å². The molecule has 0 aliphatic rings. The maximum absolute atomic E-state index is 12.0. The fourth-order valence-electron chi connectivity index (χ4n) is 1.78. The normalized spacial score (nSPS) is 13.8. The van der Waals surface area contributed by atoms with E-state index in [9.17, 15) is 4.79 Å². The van der Waals surface area contributed by atoms with E-state index in [0.717, 1.165) is 5.56 Å². The van der Waals surface area contributed by atoms with Crippen molar-refractivity contribution < 1.29 is 9.53 Å². The molecule has 100 valence electrons. The van der Waals surface area contributed by atoms with Gasteiger partial charge in [0.2, 0.25) is 0 Å². The molecule has 1 aromatic heterocycles. The van der Waals surface area contributed by atoms with Crippen molar-refractivity contribution in [3.63, 3.8) is 0 Å². The van der Waals surface area contributed by atoms with Crippen molar-refractivity contribution >= 4 is 5.97 Å². The van der Waals surface area contributed by atoms with Gasteiger partial charge in [0.15, 0.2) is 0 Å². The van der Waals surface area contributed by atoms with Crippen LogP contribution >= 0.6 is 0 Å². The van der Waals surface area contributed by atoms with E-state index in [4.69, 9.17) is 10.5 Å². The lowest BCUT2D eigenvalue weighted by Gasteiger charge is -2.16. The fraction of sp³-hybridized carbons (Fsp3) is 0.286. The molecule has 0 fully saturated rings. The summed E-state index contributed by atoms with van der Waals surface area (Å²) in [6, 6.07) is 8.74. The van der Waals surface area contributed by atoms with Crippen LogP contribution in [0.25, 0.3) is 0 Å². The Morgan fingerprint density at radius 1 is 1.32 bits per heavy atom. The van der Waals surface area contributed by atoms with E-state index in [1.165, 1.54) is 0 Å². The number of carbonyl (C=O) groups excluding carboxylic acids is 1. The summed E-state index contributed by atoms with van der Waals surface area (Å²) in [5, 5.41) is 3.99. The van der Waals surface area contributed by atoms with Crippen LogP contribution in [0.5, 0.6) is 0 Å². The van der Waals surface area contributed by atoms with Crippen molar-refractivity contribution in [3.05, 3.63) is 53.9 Å². The van der Waals surface area contributed by atoms with Crippen LogP contribution in [0.2, 0.25) is 0 Å². The van der Waals surface area contributed by atoms with Gasteiger partial charge in [0.25, 0.3) is 0 Å². The van der Waals surface area contributed by atoms with Crippen LogP contribution in [0.4, 0.5) is 0 Å². The Morgan fingerprint density at radius 2 is 2.00 bits per heavy atom. The second-order valence-electron chi connectivity index (χ2n) is 4.41. The van der Waals surface area contributed by atoms with Gasteiger partial charge in [-0.05, 0) is 12.5 Å². The Hall–Kier alpha value is -2.14. The Labute approximate surface area is 112 Å². The number of ether oxygens (including phenoxy) is 1. The Morgan fingerprint density at radius 3 is 2.58 bits per heavy atom. The number of aromatic nitrogens is 2. The van der Waals surface area contributed by atoms with Gasteiger partial charge in [-0.15, -0.1) is 0 Å². The largest absolute Gasteiger partial charge is 0.456 e. The summed E-state index contributed by atoms with van der Waals surface area (Å²) in [7, 11) is 1.77. The average Bonchev–Trinajstić information content (AvgIpc) is 2.85. The van der Waals surface area contributed by atoms with Crippen LogP contribution in [0, 0.1) is 0 Å². The predicted molar refractivity (Wildman–Crippen MR) is 71.1 cm³/mol. The molecule has 0 aliphatic heterocycles. The molecular weight excluding hydrogens is 242 g/mol. The first-order valence-corrected chi connectivity index (χ1v) is 6.07. The summed E-state index contributed by atoms with van der Waals surface area (Å²) in [6.07, 6.45) is 2.95. The van der Waals surface area contributed by atoms with Crippen LogP contribution in [-0.2, 0) is 16.6 Å². The van der Waals surface area contributed by atoms with Crippen molar-refractivity contribution in [1.82, 2.24) is 9.78 Å². The molecule has 2 rings (SSSR count). The van der Waals surface area contributed by atoms with E-state index in [1.54, 1.807) is 24.1 Å². The quantitative estimate of drug-likeness (QED) is 0.849. The first kappa shape index (κ1) is 13.3. The number of nitrogens with two attached hydrogens (primary N) is 1. The number of hydrogen-bond acceptors (Lipinski definition) is 4. The highest BCUT2D eigenvalue weighted by Gasteiger charge is 2.21. The van der Waals surface area contributed by atoms with E-state index in [2.05, 4.69) is 5.10 Å². The lowest BCUT2D eigenvalue weighted by Crippen LogP contribution is -2.24. The third-order valence-corrected chi connectivity index (χ3v) is 2.90. The molecule has 19 heavy (non-hydrogen) atoms. The first-order chi connectivity index (χ1) is 9.08. The van der Waals surface area contributed by atoms with Gasteiger partial charge in [0, 0.05) is 18.8 Å². The third kappa shape index (κ3) is 3.20. The number of rotatable bonds is 4. The minimum atomic E-state index is -0.806. The number of aryl methyl sites for hydroxylation is 1. The molecule has 0 aliphatic carbocycles. The lowest BCUT2D eigenvalue weighted by molar-refractivity contribution is -0.150. The number of hydrogen-bond donors (Lipinski definition) is 1. The number of carbonyl (C=O) groups is 1. The maximum Gasteiger partial charge on any atom is 0.328 e. The van der Waals surface area contributed by atoms with Gasteiger partial charge in [0.1, 0.15) is 12.1 Å². The zero-order valence-corrected chi connectivity index (χ0v) is 11.0. The monoisotopic (exact) mass is 259 g/mol. The Bertz CT molecular complexity index is 551. The topological polar surface area (TPSA) is 70.1 Å². The molecule has 2 unspecified atom stereocenters. The molecule has 0 saturated heterocycles. The summed E-state index contributed by atoms with van der Waals surface area (Å²) in [5.74, 6) is -0.454. The number of nitrogens with zero attached hydrogens (tertiary/aromatic N) is 2. The molecule has 0 radical (unpaired) electrons. The molecule has 2 atom stereocenters. The summed E-state index contributed by atoms with van der Waals surface area (Å²) in [5.41, 5.74) is 7.44. The lowest BCUT2D eigenvalue weighted by atomic mass is 10.1. The fourth-order valence-corrected chi connectivity index (χ4v) is 1.78. The van der Waals surface area contributed by atoms with Gasteiger partial charge >= 0.3 is 5.97 Å². The molecular formula is C14H17N3O2.